The first kappa shape index (κ1) is 15.3. The first-order chi connectivity index (χ1) is 8.49. The number of nitrogens with one attached hydrogen (secondary N) is 1. The molecule has 1 rings (SSSR count). The Labute approximate surface area is 124 Å². The quantitative estimate of drug-likeness (QED) is 0.747. The number of halogens is 1. The Morgan fingerprint density at radius 1 is 1.44 bits per heavy atom. The van der Waals surface area contributed by atoms with Crippen molar-refractivity contribution in [3.63, 3.8) is 0 Å². The number of amides is 1. The van der Waals surface area contributed by atoms with E-state index in [2.05, 4.69) is 27.9 Å². The van der Waals surface area contributed by atoms with Gasteiger partial charge in [-0.15, -0.1) is 11.8 Å². The fourth-order valence-electron chi connectivity index (χ4n) is 1.27. The van der Waals surface area contributed by atoms with Crippen LogP contribution in [0.1, 0.15) is 13.3 Å². The van der Waals surface area contributed by atoms with Crippen LogP contribution in [0.15, 0.2) is 24.3 Å². The van der Waals surface area contributed by atoms with Gasteiger partial charge in [0.25, 0.3) is 0 Å². The van der Waals surface area contributed by atoms with E-state index in [-0.39, 0.29) is 23.3 Å². The van der Waals surface area contributed by atoms with E-state index in [0.717, 1.165) is 9.26 Å². The lowest BCUT2D eigenvalue weighted by Crippen LogP contribution is -2.17. The number of carbonyl (C=O) groups is 2. The number of benzene rings is 1. The van der Waals surface area contributed by atoms with Crippen LogP contribution >= 0.6 is 34.4 Å². The van der Waals surface area contributed by atoms with Crippen LogP contribution in [0.4, 0.5) is 5.69 Å². The van der Waals surface area contributed by atoms with Gasteiger partial charge in [0.15, 0.2) is 0 Å². The van der Waals surface area contributed by atoms with E-state index in [9.17, 15) is 9.59 Å². The summed E-state index contributed by atoms with van der Waals surface area (Å²) < 4.78 is 0.979. The second-order valence-corrected chi connectivity index (χ2v) is 6.34. The molecule has 0 heterocycles. The Morgan fingerprint density at radius 2 is 2.11 bits per heavy atom. The number of aliphatic carboxylic acids is 1. The van der Waals surface area contributed by atoms with Crippen molar-refractivity contribution in [1.29, 1.82) is 0 Å². The van der Waals surface area contributed by atoms with Crippen molar-refractivity contribution in [2.24, 2.45) is 0 Å². The highest BCUT2D eigenvalue weighted by Gasteiger charge is 2.11. The molecule has 0 aliphatic rings. The molecule has 0 saturated heterocycles. The van der Waals surface area contributed by atoms with Gasteiger partial charge in [-0.05, 0) is 34.7 Å². The van der Waals surface area contributed by atoms with Crippen molar-refractivity contribution < 1.29 is 14.7 Å². The average molecular weight is 379 g/mol. The molecule has 1 unspecified atom stereocenters. The lowest BCUT2D eigenvalue weighted by molar-refractivity contribution is -0.136. The second-order valence-electron chi connectivity index (χ2n) is 3.75. The maximum Gasteiger partial charge on any atom is 0.304 e. The van der Waals surface area contributed by atoms with E-state index in [4.69, 9.17) is 5.11 Å². The number of anilines is 1. The third kappa shape index (κ3) is 5.72. The molecule has 0 aliphatic heterocycles. The normalized spacial score (nSPS) is 11.9. The van der Waals surface area contributed by atoms with Crippen LogP contribution in [0.2, 0.25) is 0 Å². The number of carboxylic acid groups (broad SMARTS) is 1. The summed E-state index contributed by atoms with van der Waals surface area (Å²) >= 11 is 3.49. The highest BCUT2D eigenvalue weighted by atomic mass is 127. The highest BCUT2D eigenvalue weighted by Crippen LogP contribution is 2.18. The second kappa shape index (κ2) is 7.63. The monoisotopic (exact) mass is 379 g/mol. The number of rotatable bonds is 6. The van der Waals surface area contributed by atoms with Gasteiger partial charge in [0, 0.05) is 8.82 Å². The van der Waals surface area contributed by atoms with Gasteiger partial charge in [0.1, 0.15) is 0 Å². The Kier molecular flexibility index (Phi) is 6.48. The minimum Gasteiger partial charge on any atom is -0.481 e. The molecule has 18 heavy (non-hydrogen) atoms. The van der Waals surface area contributed by atoms with E-state index in [1.54, 1.807) is 6.92 Å². The number of hydrogen-bond acceptors (Lipinski definition) is 3. The standard InChI is InChI=1S/C12H14INO3S/c1-8(6-12(16)17)18-7-11(15)14-10-5-3-2-4-9(10)13/h2-5,8H,6-7H2,1H3,(H,14,15)(H,16,17). The van der Waals surface area contributed by atoms with Crippen LogP contribution in [0.3, 0.4) is 0 Å². The van der Waals surface area contributed by atoms with Gasteiger partial charge < -0.3 is 10.4 Å². The summed E-state index contributed by atoms with van der Waals surface area (Å²) in [6.45, 7) is 1.80. The fourth-order valence-corrected chi connectivity index (χ4v) is 2.56. The van der Waals surface area contributed by atoms with E-state index >= 15 is 0 Å². The average Bonchev–Trinajstić information content (AvgIpc) is 2.29. The molecule has 2 N–H and O–H groups in total. The summed E-state index contributed by atoms with van der Waals surface area (Å²) in [6.07, 6.45) is 0.0703. The van der Waals surface area contributed by atoms with Crippen LogP contribution in [-0.2, 0) is 9.59 Å². The molecule has 1 aromatic rings. The largest absolute Gasteiger partial charge is 0.481 e. The predicted molar refractivity (Wildman–Crippen MR) is 82.0 cm³/mol. The molecule has 1 amide bonds. The molecule has 4 nitrogen and oxygen atoms in total. The van der Waals surface area contributed by atoms with Crippen LogP contribution in [0.5, 0.6) is 0 Å². The van der Waals surface area contributed by atoms with Gasteiger partial charge in [-0.2, -0.15) is 0 Å². The van der Waals surface area contributed by atoms with Gasteiger partial charge in [-0.3, -0.25) is 9.59 Å². The number of carboxylic acids is 1. The van der Waals surface area contributed by atoms with Crippen molar-refractivity contribution >= 4 is 51.9 Å². The summed E-state index contributed by atoms with van der Waals surface area (Å²) in [5.74, 6) is -0.686. The third-order valence-corrected chi connectivity index (χ3v) is 4.21. The first-order valence-electron chi connectivity index (χ1n) is 5.37. The van der Waals surface area contributed by atoms with Gasteiger partial charge >= 0.3 is 5.97 Å². The van der Waals surface area contributed by atoms with Crippen LogP contribution in [0.25, 0.3) is 0 Å². The lowest BCUT2D eigenvalue weighted by Gasteiger charge is -2.09. The Balaban J connectivity index is 2.39. The van der Waals surface area contributed by atoms with Crippen molar-refractivity contribution in [3.8, 4) is 0 Å². The van der Waals surface area contributed by atoms with Gasteiger partial charge in [0.2, 0.25) is 5.91 Å². The molecular weight excluding hydrogens is 365 g/mol. The third-order valence-electron chi connectivity index (χ3n) is 2.11. The SMILES string of the molecule is CC(CC(=O)O)SCC(=O)Nc1ccccc1I. The number of para-hydroxylation sites is 1. The summed E-state index contributed by atoms with van der Waals surface area (Å²) in [6, 6.07) is 7.51. The van der Waals surface area contributed by atoms with Crippen molar-refractivity contribution in [2.45, 2.75) is 18.6 Å². The smallest absolute Gasteiger partial charge is 0.304 e. The van der Waals surface area contributed by atoms with Gasteiger partial charge in [0.05, 0.1) is 17.9 Å². The molecule has 0 radical (unpaired) electrons. The van der Waals surface area contributed by atoms with Crippen LogP contribution in [-0.4, -0.2) is 28.0 Å². The van der Waals surface area contributed by atoms with E-state index in [1.807, 2.05) is 24.3 Å². The molecule has 1 aromatic carbocycles. The summed E-state index contributed by atoms with van der Waals surface area (Å²) in [5, 5.41) is 11.3. The molecular formula is C12H14INO3S. The molecule has 0 aliphatic carbocycles. The Morgan fingerprint density at radius 3 is 2.72 bits per heavy atom. The van der Waals surface area contributed by atoms with E-state index in [1.165, 1.54) is 11.8 Å². The van der Waals surface area contributed by atoms with Crippen LogP contribution < -0.4 is 5.32 Å². The van der Waals surface area contributed by atoms with Crippen molar-refractivity contribution in [3.05, 3.63) is 27.8 Å². The Bertz CT molecular complexity index is 439. The van der Waals surface area contributed by atoms with E-state index < -0.39 is 5.97 Å². The van der Waals surface area contributed by atoms with Gasteiger partial charge in [-0.25, -0.2) is 0 Å². The number of hydrogen-bond donors (Lipinski definition) is 2. The molecule has 98 valence electrons. The number of thioether (sulfide) groups is 1. The molecule has 0 aromatic heterocycles. The fraction of sp³-hybridized carbons (Fsp3) is 0.333. The highest BCUT2D eigenvalue weighted by molar-refractivity contribution is 14.1. The molecule has 0 fully saturated rings. The summed E-state index contributed by atoms with van der Waals surface area (Å²) in [5.41, 5.74) is 0.787. The van der Waals surface area contributed by atoms with Crippen molar-refractivity contribution in [2.75, 3.05) is 11.1 Å². The molecule has 0 bridgehead atoms. The minimum atomic E-state index is -0.840. The first-order valence-corrected chi connectivity index (χ1v) is 7.49. The Hall–Kier alpha value is -0.760. The maximum atomic E-state index is 11.7. The molecule has 0 saturated carbocycles. The minimum absolute atomic E-state index is 0.0666. The summed E-state index contributed by atoms with van der Waals surface area (Å²) in [7, 11) is 0. The zero-order valence-corrected chi connectivity index (χ0v) is 12.8. The topological polar surface area (TPSA) is 66.4 Å². The predicted octanol–water partition coefficient (Wildman–Crippen LogP) is 2.83. The van der Waals surface area contributed by atoms with Gasteiger partial charge in [-0.1, -0.05) is 19.1 Å². The van der Waals surface area contributed by atoms with Crippen LogP contribution in [0, 0.1) is 3.57 Å². The zero-order chi connectivity index (χ0) is 13.5. The summed E-state index contributed by atoms with van der Waals surface area (Å²) in [4.78, 5) is 22.1. The lowest BCUT2D eigenvalue weighted by atomic mass is 10.3. The van der Waals surface area contributed by atoms with Crippen molar-refractivity contribution in [1.82, 2.24) is 0 Å². The maximum absolute atomic E-state index is 11.7. The number of carbonyl (C=O) groups excluding carboxylic acids is 1. The molecule has 6 heteroatoms. The molecule has 1 atom stereocenters. The van der Waals surface area contributed by atoms with E-state index in [0.29, 0.717) is 0 Å². The zero-order valence-electron chi connectivity index (χ0n) is 9.85. The molecule has 0 spiro atoms.